The molecule has 0 radical (unpaired) electrons. The molecule has 2 heterocycles. The fraction of sp³-hybridized carbons (Fsp3) is 0.150. The van der Waals surface area contributed by atoms with Crippen LogP contribution in [0.5, 0.6) is 11.5 Å². The number of methoxy groups -OCH3 is 2. The number of phenols is 1. The Bertz CT molecular complexity index is 1150. The van der Waals surface area contributed by atoms with Gasteiger partial charge in [-0.2, -0.15) is 4.68 Å². The zero-order chi connectivity index (χ0) is 21.3. The fourth-order valence-electron chi connectivity index (χ4n) is 3.34. The molecule has 0 amide bonds. The van der Waals surface area contributed by atoms with Crippen molar-refractivity contribution in [1.82, 2.24) is 20.2 Å². The predicted octanol–water partition coefficient (Wildman–Crippen LogP) is 1.71. The molecule has 1 atom stereocenters. The SMILES string of the molecule is COC(=O)C1=C(C(=O)c2ccc(O)cc2)[C@@H](c2ccccc2OC)n2nnnc2N1. The molecule has 0 fully saturated rings. The number of carbonyl (C=O) groups is 2. The van der Waals surface area contributed by atoms with E-state index in [0.717, 1.165) is 0 Å². The number of hydrogen-bond donors (Lipinski definition) is 2. The van der Waals surface area contributed by atoms with Crippen LogP contribution in [0, 0.1) is 0 Å². The van der Waals surface area contributed by atoms with E-state index in [0.29, 0.717) is 11.3 Å². The Labute approximate surface area is 170 Å². The van der Waals surface area contributed by atoms with E-state index >= 15 is 0 Å². The topological polar surface area (TPSA) is 128 Å². The number of anilines is 1. The van der Waals surface area contributed by atoms with E-state index < -0.39 is 17.8 Å². The van der Waals surface area contributed by atoms with E-state index in [2.05, 4.69) is 20.8 Å². The molecule has 10 nitrogen and oxygen atoms in total. The predicted molar refractivity (Wildman–Crippen MR) is 104 cm³/mol. The van der Waals surface area contributed by atoms with Gasteiger partial charge in [-0.05, 0) is 40.8 Å². The number of aromatic nitrogens is 4. The number of allylic oxidation sites excluding steroid dienone is 1. The summed E-state index contributed by atoms with van der Waals surface area (Å²) >= 11 is 0. The molecule has 0 bridgehead atoms. The maximum atomic E-state index is 13.5. The lowest BCUT2D eigenvalue weighted by molar-refractivity contribution is -0.136. The minimum atomic E-state index is -0.859. The zero-order valence-electron chi connectivity index (χ0n) is 16.1. The molecule has 0 saturated heterocycles. The molecule has 1 aliphatic rings. The highest BCUT2D eigenvalue weighted by Gasteiger charge is 2.39. The molecule has 2 aromatic carbocycles. The van der Waals surface area contributed by atoms with Gasteiger partial charge in [0.25, 0.3) is 0 Å². The Morgan fingerprint density at radius 2 is 1.83 bits per heavy atom. The van der Waals surface area contributed by atoms with Crippen molar-refractivity contribution in [1.29, 1.82) is 0 Å². The van der Waals surface area contributed by atoms with Crippen molar-refractivity contribution in [3.8, 4) is 11.5 Å². The first-order chi connectivity index (χ1) is 14.5. The van der Waals surface area contributed by atoms with Gasteiger partial charge in [0.05, 0.1) is 19.8 Å². The van der Waals surface area contributed by atoms with Gasteiger partial charge in [0.15, 0.2) is 5.78 Å². The maximum absolute atomic E-state index is 13.5. The monoisotopic (exact) mass is 407 g/mol. The molecular formula is C20H17N5O5. The third-order valence-corrected chi connectivity index (χ3v) is 4.71. The van der Waals surface area contributed by atoms with Crippen LogP contribution in [-0.2, 0) is 9.53 Å². The van der Waals surface area contributed by atoms with E-state index in [9.17, 15) is 14.7 Å². The highest BCUT2D eigenvalue weighted by molar-refractivity contribution is 6.15. The van der Waals surface area contributed by atoms with Crippen LogP contribution in [0.2, 0.25) is 0 Å². The van der Waals surface area contributed by atoms with Crippen molar-refractivity contribution in [2.75, 3.05) is 19.5 Å². The van der Waals surface area contributed by atoms with Gasteiger partial charge in [-0.1, -0.05) is 23.3 Å². The summed E-state index contributed by atoms with van der Waals surface area (Å²) < 4.78 is 11.8. The lowest BCUT2D eigenvalue weighted by Gasteiger charge is -2.28. The van der Waals surface area contributed by atoms with Crippen molar-refractivity contribution in [2.24, 2.45) is 0 Å². The fourth-order valence-corrected chi connectivity index (χ4v) is 3.34. The van der Waals surface area contributed by atoms with Crippen molar-refractivity contribution in [2.45, 2.75) is 6.04 Å². The van der Waals surface area contributed by atoms with Gasteiger partial charge in [0.2, 0.25) is 5.95 Å². The van der Waals surface area contributed by atoms with Crippen LogP contribution < -0.4 is 10.1 Å². The number of tetrazole rings is 1. The highest BCUT2D eigenvalue weighted by atomic mass is 16.5. The normalized spacial score (nSPS) is 15.2. The number of Topliss-reactive ketones (excluding diaryl/α,β-unsaturated/α-hetero) is 1. The zero-order valence-corrected chi connectivity index (χ0v) is 16.1. The van der Waals surface area contributed by atoms with E-state index in [1.54, 1.807) is 24.3 Å². The van der Waals surface area contributed by atoms with E-state index in [-0.39, 0.29) is 28.5 Å². The number of rotatable bonds is 5. The van der Waals surface area contributed by atoms with Crippen LogP contribution in [0.25, 0.3) is 0 Å². The molecule has 0 saturated carbocycles. The molecule has 0 aliphatic carbocycles. The number of benzene rings is 2. The number of para-hydroxylation sites is 1. The summed E-state index contributed by atoms with van der Waals surface area (Å²) in [5.41, 5.74) is 0.853. The number of nitrogens with one attached hydrogen (secondary N) is 1. The van der Waals surface area contributed by atoms with Crippen LogP contribution in [0.3, 0.4) is 0 Å². The standard InChI is InChI=1S/C20H17N5O5/c1-29-14-6-4-3-5-13(14)17-15(18(27)11-7-9-12(26)10-8-11)16(19(28)30-2)21-20-22-23-24-25(17)20/h3-10,17,26H,1-2H3,(H,21,22,24)/t17-/m1/s1. The Hall–Kier alpha value is -4.21. The van der Waals surface area contributed by atoms with Crippen molar-refractivity contribution in [3.05, 3.63) is 70.9 Å². The lowest BCUT2D eigenvalue weighted by Crippen LogP contribution is -2.33. The van der Waals surface area contributed by atoms with Gasteiger partial charge in [-0.25, -0.2) is 4.79 Å². The van der Waals surface area contributed by atoms with Crippen LogP contribution in [0.4, 0.5) is 5.95 Å². The molecule has 3 aromatic rings. The Kier molecular flexibility index (Phi) is 4.88. The van der Waals surface area contributed by atoms with Gasteiger partial charge in [0.1, 0.15) is 23.2 Å². The number of nitrogens with zero attached hydrogens (tertiary/aromatic N) is 4. The molecular weight excluding hydrogens is 390 g/mol. The second-order valence-electron chi connectivity index (χ2n) is 6.37. The molecule has 0 spiro atoms. The molecule has 30 heavy (non-hydrogen) atoms. The summed E-state index contributed by atoms with van der Waals surface area (Å²) in [4.78, 5) is 26.1. The molecule has 0 unspecified atom stereocenters. The number of ether oxygens (including phenoxy) is 2. The second kappa shape index (κ2) is 7.66. The smallest absolute Gasteiger partial charge is 0.355 e. The summed E-state index contributed by atoms with van der Waals surface area (Å²) in [6.07, 6.45) is 0. The number of phenolic OH excluding ortho intramolecular Hbond substituents is 1. The third kappa shape index (κ3) is 3.13. The van der Waals surface area contributed by atoms with Crippen molar-refractivity contribution in [3.63, 3.8) is 0 Å². The van der Waals surface area contributed by atoms with Crippen LogP contribution in [-0.4, -0.2) is 51.3 Å². The van der Waals surface area contributed by atoms with Gasteiger partial charge in [0, 0.05) is 11.1 Å². The van der Waals surface area contributed by atoms with E-state index in [4.69, 9.17) is 9.47 Å². The van der Waals surface area contributed by atoms with Gasteiger partial charge in [-0.3, -0.25) is 4.79 Å². The third-order valence-electron chi connectivity index (χ3n) is 4.71. The number of ketones is 1. The largest absolute Gasteiger partial charge is 0.508 e. The highest BCUT2D eigenvalue weighted by Crippen LogP contribution is 2.40. The Balaban J connectivity index is 1.98. The quantitative estimate of drug-likeness (QED) is 0.480. The average molecular weight is 407 g/mol. The van der Waals surface area contributed by atoms with Gasteiger partial charge < -0.3 is 19.9 Å². The van der Waals surface area contributed by atoms with Crippen molar-refractivity contribution >= 4 is 17.7 Å². The number of esters is 1. The summed E-state index contributed by atoms with van der Waals surface area (Å²) in [6, 6.07) is 11.9. The molecule has 10 heteroatoms. The number of aromatic hydroxyl groups is 1. The summed E-state index contributed by atoms with van der Waals surface area (Å²) in [6.45, 7) is 0. The summed E-state index contributed by atoms with van der Waals surface area (Å²) in [5.74, 6) is -0.523. The molecule has 1 aliphatic heterocycles. The minimum absolute atomic E-state index is 0.0135. The summed E-state index contributed by atoms with van der Waals surface area (Å²) in [5, 5.41) is 23.9. The molecule has 2 N–H and O–H groups in total. The molecule has 4 rings (SSSR count). The summed E-state index contributed by atoms with van der Waals surface area (Å²) in [7, 11) is 2.72. The Morgan fingerprint density at radius 3 is 2.53 bits per heavy atom. The first kappa shape index (κ1) is 19.1. The number of carbonyl (C=O) groups excluding carboxylic acids is 2. The first-order valence-electron chi connectivity index (χ1n) is 8.89. The number of hydrogen-bond acceptors (Lipinski definition) is 9. The average Bonchev–Trinajstić information content (AvgIpc) is 3.25. The molecule has 1 aromatic heterocycles. The van der Waals surface area contributed by atoms with Gasteiger partial charge in [-0.15, -0.1) is 0 Å². The van der Waals surface area contributed by atoms with E-state index in [1.165, 1.54) is 43.2 Å². The number of fused-ring (bicyclic) bond motifs is 1. The second-order valence-corrected chi connectivity index (χ2v) is 6.37. The van der Waals surface area contributed by atoms with Gasteiger partial charge >= 0.3 is 5.97 Å². The molecule has 152 valence electrons. The van der Waals surface area contributed by atoms with Crippen LogP contribution in [0.1, 0.15) is 22.0 Å². The lowest BCUT2D eigenvalue weighted by atomic mass is 9.89. The minimum Gasteiger partial charge on any atom is -0.508 e. The van der Waals surface area contributed by atoms with Crippen LogP contribution in [0.15, 0.2) is 59.8 Å². The first-order valence-corrected chi connectivity index (χ1v) is 8.89. The Morgan fingerprint density at radius 1 is 1.10 bits per heavy atom. The van der Waals surface area contributed by atoms with Crippen LogP contribution >= 0.6 is 0 Å². The van der Waals surface area contributed by atoms with E-state index in [1.807, 2.05) is 0 Å². The maximum Gasteiger partial charge on any atom is 0.355 e. The van der Waals surface area contributed by atoms with Crippen molar-refractivity contribution < 1.29 is 24.2 Å².